The molecule has 106 valence electrons. The summed E-state index contributed by atoms with van der Waals surface area (Å²) in [6.07, 6.45) is 1.51. The van der Waals surface area contributed by atoms with Crippen molar-refractivity contribution in [3.63, 3.8) is 0 Å². The Labute approximate surface area is 120 Å². The zero-order chi connectivity index (χ0) is 14.9. The average Bonchev–Trinajstić information content (AvgIpc) is 2.68. The molecule has 2 heterocycles. The number of aromatic carboxylic acids is 1. The summed E-state index contributed by atoms with van der Waals surface area (Å²) in [6.45, 7) is 7.46. The molecule has 0 spiro atoms. The lowest BCUT2D eigenvalue weighted by Crippen LogP contribution is -2.08. The molecule has 2 rings (SSSR count). The van der Waals surface area contributed by atoms with Crippen molar-refractivity contribution in [2.24, 2.45) is 0 Å². The van der Waals surface area contributed by atoms with Crippen molar-refractivity contribution in [3.8, 4) is 0 Å². The summed E-state index contributed by atoms with van der Waals surface area (Å²) in [5.41, 5.74) is 0.756. The number of oxazole rings is 1. The lowest BCUT2D eigenvalue weighted by Gasteiger charge is -2.07. The number of carbonyl (C=O) groups is 1. The molecule has 0 aliphatic heterocycles. The molecule has 2 aromatic rings. The van der Waals surface area contributed by atoms with E-state index in [4.69, 9.17) is 4.42 Å². The number of aromatic nitrogens is 3. The maximum Gasteiger partial charge on any atom is 0.355 e. The zero-order valence-corrected chi connectivity index (χ0v) is 12.5. The molecule has 0 aliphatic rings. The van der Waals surface area contributed by atoms with Gasteiger partial charge in [0, 0.05) is 12.1 Å². The molecule has 6 nitrogen and oxygen atoms in total. The van der Waals surface area contributed by atoms with E-state index < -0.39 is 5.97 Å². The Balaban J connectivity index is 2.38. The van der Waals surface area contributed by atoms with Crippen molar-refractivity contribution >= 4 is 17.7 Å². The normalized spacial score (nSPS) is 11.1. The summed E-state index contributed by atoms with van der Waals surface area (Å²) in [4.78, 5) is 24.2. The van der Waals surface area contributed by atoms with Crippen LogP contribution in [0, 0.1) is 13.8 Å². The molecule has 7 heteroatoms. The van der Waals surface area contributed by atoms with Crippen LogP contribution in [0.1, 0.15) is 47.5 Å². The molecular formula is C13H15N3O3S. The zero-order valence-electron chi connectivity index (χ0n) is 11.7. The SMILES string of the molecule is Cc1nc(Sc2cnc(C(C)C)nc2C(=O)O)oc1C. The Bertz CT molecular complexity index is 633. The van der Waals surface area contributed by atoms with Crippen LogP contribution in [0.4, 0.5) is 0 Å². The smallest absolute Gasteiger partial charge is 0.355 e. The Kier molecular flexibility index (Phi) is 4.08. The monoisotopic (exact) mass is 293 g/mol. The second kappa shape index (κ2) is 5.62. The predicted octanol–water partition coefficient (Wildman–Crippen LogP) is 3.05. The first-order valence-corrected chi connectivity index (χ1v) is 6.92. The van der Waals surface area contributed by atoms with Crippen molar-refractivity contribution in [2.75, 3.05) is 0 Å². The molecular weight excluding hydrogens is 278 g/mol. The van der Waals surface area contributed by atoms with E-state index in [0.717, 1.165) is 17.5 Å². The van der Waals surface area contributed by atoms with Crippen molar-refractivity contribution in [1.29, 1.82) is 0 Å². The summed E-state index contributed by atoms with van der Waals surface area (Å²) in [5.74, 6) is 0.200. The number of nitrogens with zero attached hydrogens (tertiary/aromatic N) is 3. The second-order valence-electron chi connectivity index (χ2n) is 4.62. The molecule has 0 saturated heterocycles. The van der Waals surface area contributed by atoms with E-state index >= 15 is 0 Å². The van der Waals surface area contributed by atoms with Gasteiger partial charge < -0.3 is 9.52 Å². The third kappa shape index (κ3) is 2.98. The number of aryl methyl sites for hydroxylation is 2. The van der Waals surface area contributed by atoms with Crippen LogP contribution in [0.15, 0.2) is 20.7 Å². The fraction of sp³-hybridized carbons (Fsp3) is 0.385. The van der Waals surface area contributed by atoms with Crippen LogP contribution in [0.25, 0.3) is 0 Å². The van der Waals surface area contributed by atoms with Gasteiger partial charge in [0.2, 0.25) is 0 Å². The van der Waals surface area contributed by atoms with Gasteiger partial charge >= 0.3 is 5.97 Å². The first-order valence-electron chi connectivity index (χ1n) is 6.10. The number of carboxylic acids is 1. The number of carboxylic acid groups (broad SMARTS) is 1. The quantitative estimate of drug-likeness (QED) is 0.926. The molecule has 0 amide bonds. The predicted molar refractivity (Wildman–Crippen MR) is 73.2 cm³/mol. The fourth-order valence-corrected chi connectivity index (χ4v) is 2.34. The third-order valence-electron chi connectivity index (χ3n) is 2.70. The van der Waals surface area contributed by atoms with Crippen LogP contribution in [0.3, 0.4) is 0 Å². The van der Waals surface area contributed by atoms with Gasteiger partial charge in [-0.3, -0.25) is 0 Å². The molecule has 0 unspecified atom stereocenters. The van der Waals surface area contributed by atoms with Crippen molar-refractivity contribution in [3.05, 3.63) is 29.2 Å². The van der Waals surface area contributed by atoms with Crippen molar-refractivity contribution < 1.29 is 14.3 Å². The van der Waals surface area contributed by atoms with Crippen LogP contribution in [0.5, 0.6) is 0 Å². The number of hydrogen-bond donors (Lipinski definition) is 1. The van der Waals surface area contributed by atoms with Crippen molar-refractivity contribution in [1.82, 2.24) is 15.0 Å². The summed E-state index contributed by atoms with van der Waals surface area (Å²) >= 11 is 1.11. The van der Waals surface area contributed by atoms with Gasteiger partial charge in [-0.05, 0) is 25.6 Å². The Morgan fingerprint density at radius 2 is 2.05 bits per heavy atom. The fourth-order valence-electron chi connectivity index (χ4n) is 1.47. The summed E-state index contributed by atoms with van der Waals surface area (Å²) in [7, 11) is 0. The lowest BCUT2D eigenvalue weighted by molar-refractivity contribution is 0.0685. The van der Waals surface area contributed by atoms with Gasteiger partial charge in [-0.25, -0.2) is 19.7 Å². The maximum absolute atomic E-state index is 11.3. The summed E-state index contributed by atoms with van der Waals surface area (Å²) < 4.78 is 5.43. The summed E-state index contributed by atoms with van der Waals surface area (Å²) in [6, 6.07) is 0. The molecule has 0 saturated carbocycles. The van der Waals surface area contributed by atoms with Gasteiger partial charge in [-0.2, -0.15) is 0 Å². The van der Waals surface area contributed by atoms with Gasteiger partial charge in [0.25, 0.3) is 5.22 Å². The average molecular weight is 293 g/mol. The minimum absolute atomic E-state index is 0.0257. The van der Waals surface area contributed by atoms with E-state index in [1.807, 2.05) is 27.7 Å². The molecule has 2 aromatic heterocycles. The van der Waals surface area contributed by atoms with Gasteiger partial charge in [0.15, 0.2) is 5.69 Å². The van der Waals surface area contributed by atoms with Gasteiger partial charge in [0.05, 0.1) is 10.6 Å². The Hall–Kier alpha value is -1.89. The highest BCUT2D eigenvalue weighted by molar-refractivity contribution is 7.99. The second-order valence-corrected chi connectivity index (χ2v) is 5.62. The van der Waals surface area contributed by atoms with Crippen LogP contribution in [-0.4, -0.2) is 26.0 Å². The third-order valence-corrected chi connectivity index (χ3v) is 3.57. The molecule has 0 bridgehead atoms. The molecule has 0 aliphatic carbocycles. The largest absolute Gasteiger partial charge is 0.476 e. The lowest BCUT2D eigenvalue weighted by atomic mass is 10.2. The van der Waals surface area contributed by atoms with E-state index in [0.29, 0.717) is 21.7 Å². The molecule has 0 aromatic carbocycles. The standard InChI is InChI=1S/C13H15N3O3S/c1-6(2)11-14-5-9(10(16-11)12(17)18)20-13-15-7(3)8(4)19-13/h5-6H,1-4H3,(H,17,18). The Morgan fingerprint density at radius 1 is 1.35 bits per heavy atom. The van der Waals surface area contributed by atoms with E-state index in [1.54, 1.807) is 0 Å². The first-order chi connectivity index (χ1) is 9.38. The highest BCUT2D eigenvalue weighted by Crippen LogP contribution is 2.30. The summed E-state index contributed by atoms with van der Waals surface area (Å²) in [5, 5.41) is 9.65. The maximum atomic E-state index is 11.3. The number of hydrogen-bond acceptors (Lipinski definition) is 6. The van der Waals surface area contributed by atoms with Gasteiger partial charge in [-0.15, -0.1) is 0 Å². The molecule has 0 radical (unpaired) electrons. The van der Waals surface area contributed by atoms with Crippen LogP contribution in [-0.2, 0) is 0 Å². The van der Waals surface area contributed by atoms with Crippen LogP contribution < -0.4 is 0 Å². The molecule has 20 heavy (non-hydrogen) atoms. The van der Waals surface area contributed by atoms with E-state index in [9.17, 15) is 9.90 Å². The van der Waals surface area contributed by atoms with Crippen LogP contribution >= 0.6 is 11.8 Å². The topological polar surface area (TPSA) is 89.1 Å². The van der Waals surface area contributed by atoms with E-state index in [2.05, 4.69) is 15.0 Å². The minimum Gasteiger partial charge on any atom is -0.476 e. The van der Waals surface area contributed by atoms with E-state index in [1.165, 1.54) is 6.20 Å². The Morgan fingerprint density at radius 3 is 2.55 bits per heavy atom. The first kappa shape index (κ1) is 14.5. The minimum atomic E-state index is -1.09. The highest BCUT2D eigenvalue weighted by Gasteiger charge is 2.18. The van der Waals surface area contributed by atoms with Gasteiger partial charge in [-0.1, -0.05) is 13.8 Å². The molecule has 1 N–H and O–H groups in total. The van der Waals surface area contributed by atoms with E-state index in [-0.39, 0.29) is 11.6 Å². The van der Waals surface area contributed by atoms with Crippen molar-refractivity contribution in [2.45, 2.75) is 43.7 Å². The molecule has 0 atom stereocenters. The van der Waals surface area contributed by atoms with Gasteiger partial charge in [0.1, 0.15) is 11.6 Å². The highest BCUT2D eigenvalue weighted by atomic mass is 32.2. The number of rotatable bonds is 4. The van der Waals surface area contributed by atoms with Crippen LogP contribution in [0.2, 0.25) is 0 Å². The molecule has 0 fully saturated rings.